The number of nitrogens with zero attached hydrogens (tertiary/aromatic N) is 2. The summed E-state index contributed by atoms with van der Waals surface area (Å²) in [5, 5.41) is 8.63. The topological polar surface area (TPSA) is 35.9 Å². The van der Waals surface area contributed by atoms with Crippen molar-refractivity contribution in [3.63, 3.8) is 0 Å². The largest absolute Gasteiger partial charge is 0.495 e. The normalized spacial score (nSPS) is 15.8. The third-order valence-corrected chi connectivity index (χ3v) is 3.30. The summed E-state index contributed by atoms with van der Waals surface area (Å²) in [6, 6.07) is 8.12. The van der Waals surface area contributed by atoms with Crippen molar-refractivity contribution >= 4 is 5.69 Å². The van der Waals surface area contributed by atoms with Crippen LogP contribution < -0.4 is 9.64 Å². The first-order chi connectivity index (χ1) is 9.35. The zero-order valence-electron chi connectivity index (χ0n) is 11.3. The number of piperazine rings is 1. The van der Waals surface area contributed by atoms with Gasteiger partial charge in [-0.05, 0) is 12.1 Å². The Morgan fingerprint density at radius 2 is 1.89 bits per heavy atom. The first-order valence-electron chi connectivity index (χ1n) is 6.52. The fourth-order valence-electron chi connectivity index (χ4n) is 2.26. The highest BCUT2D eigenvalue weighted by atomic mass is 16.5. The first kappa shape index (κ1) is 13.7. The predicted octanol–water partition coefficient (Wildman–Crippen LogP) is 0.813. The molecule has 0 atom stereocenters. The Balaban J connectivity index is 1.92. The molecule has 0 aromatic heterocycles. The van der Waals surface area contributed by atoms with Gasteiger partial charge in [-0.15, -0.1) is 0 Å². The summed E-state index contributed by atoms with van der Waals surface area (Å²) in [4.78, 5) is 4.64. The molecule has 2 rings (SSSR count). The third kappa shape index (κ3) is 3.63. The molecule has 0 saturated carbocycles. The van der Waals surface area contributed by atoms with E-state index >= 15 is 0 Å². The van der Waals surface area contributed by atoms with E-state index in [1.54, 1.807) is 7.11 Å². The van der Waals surface area contributed by atoms with Crippen LogP contribution >= 0.6 is 0 Å². The molecule has 4 heteroatoms. The molecule has 0 amide bonds. The van der Waals surface area contributed by atoms with E-state index in [4.69, 9.17) is 9.84 Å². The van der Waals surface area contributed by atoms with E-state index in [9.17, 15) is 0 Å². The zero-order chi connectivity index (χ0) is 13.5. The number of aliphatic hydroxyl groups is 1. The minimum Gasteiger partial charge on any atom is -0.495 e. The lowest BCUT2D eigenvalue weighted by Crippen LogP contribution is -2.46. The van der Waals surface area contributed by atoms with Crippen molar-refractivity contribution in [2.24, 2.45) is 0 Å². The van der Waals surface area contributed by atoms with Gasteiger partial charge in [0.25, 0.3) is 0 Å². The molecule has 1 aliphatic heterocycles. The van der Waals surface area contributed by atoms with Gasteiger partial charge in [0.15, 0.2) is 0 Å². The summed E-state index contributed by atoms with van der Waals surface area (Å²) in [6.07, 6.45) is 0. The Hall–Kier alpha value is -1.70. The molecule has 0 unspecified atom stereocenters. The molecule has 1 aliphatic rings. The molecular weight excluding hydrogens is 240 g/mol. The Morgan fingerprint density at radius 1 is 1.16 bits per heavy atom. The van der Waals surface area contributed by atoms with E-state index in [1.807, 2.05) is 18.2 Å². The van der Waals surface area contributed by atoms with E-state index < -0.39 is 0 Å². The number of benzene rings is 1. The monoisotopic (exact) mass is 260 g/mol. The average Bonchev–Trinajstić information content (AvgIpc) is 2.48. The van der Waals surface area contributed by atoms with Crippen LogP contribution in [0.25, 0.3) is 0 Å². The molecule has 1 N–H and O–H groups in total. The van der Waals surface area contributed by atoms with Crippen molar-refractivity contribution in [3.8, 4) is 17.6 Å². The molecule has 0 radical (unpaired) electrons. The number of hydrogen-bond acceptors (Lipinski definition) is 4. The maximum absolute atomic E-state index is 8.63. The second kappa shape index (κ2) is 7.03. The number of ether oxygens (including phenoxy) is 1. The molecule has 1 aromatic carbocycles. The van der Waals surface area contributed by atoms with Crippen LogP contribution in [0.2, 0.25) is 0 Å². The Labute approximate surface area is 114 Å². The lowest BCUT2D eigenvalue weighted by molar-refractivity contribution is 0.286. The van der Waals surface area contributed by atoms with Crippen LogP contribution in [-0.4, -0.2) is 56.4 Å². The molecule has 4 nitrogen and oxygen atoms in total. The van der Waals surface area contributed by atoms with E-state index in [-0.39, 0.29) is 6.61 Å². The molecule has 1 heterocycles. The number of anilines is 1. The number of para-hydroxylation sites is 2. The van der Waals surface area contributed by atoms with Gasteiger partial charge in [-0.2, -0.15) is 0 Å². The molecule has 0 bridgehead atoms. The van der Waals surface area contributed by atoms with Gasteiger partial charge in [-0.1, -0.05) is 24.0 Å². The van der Waals surface area contributed by atoms with Crippen LogP contribution in [0, 0.1) is 11.8 Å². The second-order valence-corrected chi connectivity index (χ2v) is 4.45. The quantitative estimate of drug-likeness (QED) is 0.816. The fourth-order valence-corrected chi connectivity index (χ4v) is 2.26. The van der Waals surface area contributed by atoms with E-state index in [1.165, 1.54) is 0 Å². The zero-order valence-corrected chi connectivity index (χ0v) is 11.3. The van der Waals surface area contributed by atoms with E-state index in [0.29, 0.717) is 0 Å². The molecule has 0 aliphatic carbocycles. The predicted molar refractivity (Wildman–Crippen MR) is 76.5 cm³/mol. The van der Waals surface area contributed by atoms with Crippen LogP contribution in [0.15, 0.2) is 24.3 Å². The van der Waals surface area contributed by atoms with Crippen LogP contribution in [0.3, 0.4) is 0 Å². The van der Waals surface area contributed by atoms with Gasteiger partial charge in [-0.25, -0.2) is 0 Å². The molecule has 1 aromatic rings. The van der Waals surface area contributed by atoms with Crippen molar-refractivity contribution in [2.45, 2.75) is 0 Å². The van der Waals surface area contributed by atoms with Gasteiger partial charge in [0.05, 0.1) is 19.3 Å². The smallest absolute Gasteiger partial charge is 0.142 e. The van der Waals surface area contributed by atoms with Crippen molar-refractivity contribution in [3.05, 3.63) is 24.3 Å². The maximum Gasteiger partial charge on any atom is 0.142 e. The van der Waals surface area contributed by atoms with Crippen molar-refractivity contribution in [1.29, 1.82) is 0 Å². The highest BCUT2D eigenvalue weighted by molar-refractivity contribution is 5.58. The Bertz CT molecular complexity index is 457. The van der Waals surface area contributed by atoms with Gasteiger partial charge in [0, 0.05) is 26.2 Å². The fraction of sp³-hybridized carbons (Fsp3) is 0.467. The van der Waals surface area contributed by atoms with Crippen molar-refractivity contribution in [1.82, 2.24) is 4.90 Å². The van der Waals surface area contributed by atoms with Gasteiger partial charge in [0.1, 0.15) is 12.4 Å². The summed E-state index contributed by atoms with van der Waals surface area (Å²) in [5.74, 6) is 6.58. The second-order valence-electron chi connectivity index (χ2n) is 4.45. The summed E-state index contributed by atoms with van der Waals surface area (Å²) in [7, 11) is 1.71. The van der Waals surface area contributed by atoms with Crippen molar-refractivity contribution in [2.75, 3.05) is 51.3 Å². The van der Waals surface area contributed by atoms with Crippen LogP contribution in [-0.2, 0) is 0 Å². The Morgan fingerprint density at radius 3 is 2.58 bits per heavy atom. The van der Waals surface area contributed by atoms with Crippen LogP contribution in [0.5, 0.6) is 5.75 Å². The molecule has 102 valence electrons. The highest BCUT2D eigenvalue weighted by Gasteiger charge is 2.18. The third-order valence-electron chi connectivity index (χ3n) is 3.30. The summed E-state index contributed by atoms with van der Waals surface area (Å²) in [6.45, 7) is 4.60. The maximum atomic E-state index is 8.63. The van der Waals surface area contributed by atoms with Crippen molar-refractivity contribution < 1.29 is 9.84 Å². The number of methoxy groups -OCH3 is 1. The standard InChI is InChI=1S/C15H20N2O2/c1-19-15-7-3-2-6-14(15)17-11-9-16(10-12-17)8-4-5-13-18/h2-3,6-7,18H,8-13H2,1H3. The molecule has 0 spiro atoms. The molecular formula is C15H20N2O2. The van der Waals surface area contributed by atoms with E-state index in [2.05, 4.69) is 27.7 Å². The van der Waals surface area contributed by atoms with Gasteiger partial charge in [0.2, 0.25) is 0 Å². The van der Waals surface area contributed by atoms with Gasteiger partial charge < -0.3 is 14.7 Å². The number of rotatable bonds is 3. The van der Waals surface area contributed by atoms with Gasteiger partial charge >= 0.3 is 0 Å². The van der Waals surface area contributed by atoms with Crippen LogP contribution in [0.1, 0.15) is 0 Å². The average molecular weight is 260 g/mol. The highest BCUT2D eigenvalue weighted by Crippen LogP contribution is 2.28. The van der Waals surface area contributed by atoms with Gasteiger partial charge in [-0.3, -0.25) is 4.90 Å². The number of aliphatic hydroxyl groups excluding tert-OH is 1. The minimum atomic E-state index is -0.0544. The van der Waals surface area contributed by atoms with Crippen LogP contribution in [0.4, 0.5) is 5.69 Å². The lowest BCUT2D eigenvalue weighted by atomic mass is 10.2. The SMILES string of the molecule is COc1ccccc1N1CCN(CC#CCO)CC1. The molecule has 1 saturated heterocycles. The lowest BCUT2D eigenvalue weighted by Gasteiger charge is -2.35. The summed E-state index contributed by atoms with van der Waals surface area (Å²) < 4.78 is 5.40. The summed E-state index contributed by atoms with van der Waals surface area (Å²) in [5.41, 5.74) is 1.16. The van der Waals surface area contributed by atoms with E-state index in [0.717, 1.165) is 44.2 Å². The molecule has 1 fully saturated rings. The first-order valence-corrected chi connectivity index (χ1v) is 6.52. The minimum absolute atomic E-state index is 0.0544. The number of hydrogen-bond donors (Lipinski definition) is 1. The molecule has 19 heavy (non-hydrogen) atoms. The Kier molecular flexibility index (Phi) is 5.08. The summed E-state index contributed by atoms with van der Waals surface area (Å²) >= 11 is 0.